The molecule has 2 N–H and O–H groups in total. The van der Waals surface area contributed by atoms with E-state index < -0.39 is 0 Å². The Morgan fingerprint density at radius 2 is 2.04 bits per heavy atom. The number of hydrogen-bond acceptors (Lipinski definition) is 3. The highest BCUT2D eigenvalue weighted by Gasteiger charge is 2.11. The quantitative estimate of drug-likeness (QED) is 0.230. The first-order valence-electron chi connectivity index (χ1n) is 7.43. The Balaban J connectivity index is 0.00000484. The average Bonchev–Trinajstić information content (AvgIpc) is 2.53. The van der Waals surface area contributed by atoms with Gasteiger partial charge in [0.05, 0.1) is 0 Å². The van der Waals surface area contributed by atoms with Crippen molar-refractivity contribution in [2.75, 3.05) is 38.4 Å². The highest BCUT2D eigenvalue weighted by Crippen LogP contribution is 2.27. The summed E-state index contributed by atoms with van der Waals surface area (Å²) < 4.78 is 0. The third-order valence-electron chi connectivity index (χ3n) is 3.25. The van der Waals surface area contributed by atoms with Crippen molar-refractivity contribution in [3.63, 3.8) is 0 Å². The second kappa shape index (κ2) is 14.5. The monoisotopic (exact) mass is 487 g/mol. The lowest BCUT2D eigenvalue weighted by Gasteiger charge is -2.18. The van der Waals surface area contributed by atoms with Crippen molar-refractivity contribution in [3.05, 3.63) is 34.9 Å². The first-order chi connectivity index (χ1) is 10.7. The zero-order chi connectivity index (χ0) is 16.2. The van der Waals surface area contributed by atoms with Crippen LogP contribution < -0.4 is 10.6 Å². The topological polar surface area (TPSA) is 36.4 Å². The Hall–Kier alpha value is 0.210. The van der Waals surface area contributed by atoms with Gasteiger partial charge in [0.15, 0.2) is 5.96 Å². The fraction of sp³-hybridized carbons (Fsp3) is 0.562. The Kier molecular flexibility index (Phi) is 14.7. The van der Waals surface area contributed by atoms with Crippen LogP contribution in [-0.4, -0.2) is 44.4 Å². The van der Waals surface area contributed by atoms with Gasteiger partial charge in [-0.25, -0.2) is 0 Å². The largest absolute Gasteiger partial charge is 0.356 e. The summed E-state index contributed by atoms with van der Waals surface area (Å²) in [5.41, 5.74) is 1.24. The number of nitrogens with one attached hydrogen (secondary N) is 2. The Bertz CT molecular complexity index is 461. The predicted octanol–water partition coefficient (Wildman–Crippen LogP) is 4.67. The molecule has 0 aliphatic heterocycles. The van der Waals surface area contributed by atoms with Crippen LogP contribution in [0, 0.1) is 0 Å². The second-order valence-corrected chi connectivity index (χ2v) is 7.32. The molecule has 0 aliphatic rings. The number of rotatable bonds is 9. The Morgan fingerprint density at radius 1 is 1.26 bits per heavy atom. The highest BCUT2D eigenvalue weighted by molar-refractivity contribution is 14.0. The molecule has 1 atom stereocenters. The summed E-state index contributed by atoms with van der Waals surface area (Å²) in [5.74, 6) is 2.09. The molecule has 1 rings (SSSR count). The van der Waals surface area contributed by atoms with Gasteiger partial charge in [0, 0.05) is 30.4 Å². The molecule has 1 unspecified atom stereocenters. The van der Waals surface area contributed by atoms with Gasteiger partial charge in [-0.2, -0.15) is 23.5 Å². The number of halogens is 2. The minimum absolute atomic E-state index is 0. The van der Waals surface area contributed by atoms with Crippen LogP contribution in [0.25, 0.3) is 0 Å². The molecular weight excluding hydrogens is 461 g/mol. The summed E-state index contributed by atoms with van der Waals surface area (Å²) in [6.45, 7) is 1.79. The van der Waals surface area contributed by atoms with E-state index in [-0.39, 0.29) is 24.0 Å². The van der Waals surface area contributed by atoms with Crippen molar-refractivity contribution in [2.24, 2.45) is 4.99 Å². The molecule has 0 spiro atoms. The molecule has 0 bridgehead atoms. The average molecular weight is 488 g/mol. The van der Waals surface area contributed by atoms with Gasteiger partial charge in [-0.1, -0.05) is 23.7 Å². The van der Waals surface area contributed by atoms with E-state index in [9.17, 15) is 0 Å². The lowest BCUT2D eigenvalue weighted by molar-refractivity contribution is 0.728. The lowest BCUT2D eigenvalue weighted by Crippen LogP contribution is -2.39. The van der Waals surface area contributed by atoms with E-state index in [1.807, 2.05) is 48.8 Å². The maximum Gasteiger partial charge on any atom is 0.191 e. The fourth-order valence-electron chi connectivity index (χ4n) is 2.03. The van der Waals surface area contributed by atoms with Gasteiger partial charge < -0.3 is 10.6 Å². The number of guanidine groups is 1. The highest BCUT2D eigenvalue weighted by atomic mass is 127. The third kappa shape index (κ3) is 9.94. The smallest absolute Gasteiger partial charge is 0.191 e. The zero-order valence-corrected chi connectivity index (χ0v) is 18.7. The van der Waals surface area contributed by atoms with Crippen LogP contribution in [0.4, 0.5) is 0 Å². The van der Waals surface area contributed by atoms with Gasteiger partial charge in [-0.3, -0.25) is 4.99 Å². The summed E-state index contributed by atoms with van der Waals surface area (Å²) in [5, 5.41) is 7.90. The van der Waals surface area contributed by atoms with Crippen molar-refractivity contribution < 1.29 is 0 Å². The number of benzene rings is 1. The molecule has 132 valence electrons. The van der Waals surface area contributed by atoms with E-state index in [1.54, 1.807) is 0 Å². The van der Waals surface area contributed by atoms with Crippen LogP contribution in [0.2, 0.25) is 5.02 Å². The molecule has 0 amide bonds. The Labute approximate surface area is 171 Å². The summed E-state index contributed by atoms with van der Waals surface area (Å²) in [6.07, 6.45) is 6.67. The standard InChI is InChI=1S/C16H26ClN3S2.HI/c1-18-16(19-9-4-5-10-21-2)20-12-15(22-3)13-7-6-8-14(17)11-13;/h6-8,11,15H,4-5,9-10,12H2,1-3H3,(H2,18,19,20);1H. The molecule has 0 heterocycles. The zero-order valence-electron chi connectivity index (χ0n) is 14.0. The molecule has 3 nitrogen and oxygen atoms in total. The number of unbranched alkanes of at least 4 members (excludes halogenated alkanes) is 1. The van der Waals surface area contributed by atoms with Crippen LogP contribution in [0.15, 0.2) is 29.3 Å². The van der Waals surface area contributed by atoms with Crippen molar-refractivity contribution in [1.29, 1.82) is 0 Å². The first kappa shape index (κ1) is 23.2. The summed E-state index contributed by atoms with van der Waals surface area (Å²) in [4.78, 5) is 4.28. The molecule has 0 fully saturated rings. The second-order valence-electron chi connectivity index (χ2n) is 4.86. The normalized spacial score (nSPS) is 12.4. The number of aliphatic imine (C=N–C) groups is 1. The molecule has 7 heteroatoms. The maximum atomic E-state index is 6.08. The van der Waals surface area contributed by atoms with Crippen LogP contribution in [-0.2, 0) is 0 Å². The van der Waals surface area contributed by atoms with Crippen LogP contribution >= 0.6 is 59.1 Å². The number of nitrogens with zero attached hydrogens (tertiary/aromatic N) is 1. The van der Waals surface area contributed by atoms with Gasteiger partial charge in [0.2, 0.25) is 0 Å². The molecule has 0 radical (unpaired) electrons. The van der Waals surface area contributed by atoms with Gasteiger partial charge in [-0.15, -0.1) is 24.0 Å². The first-order valence-corrected chi connectivity index (χ1v) is 10.5. The number of hydrogen-bond donors (Lipinski definition) is 2. The maximum absolute atomic E-state index is 6.08. The molecule has 0 aliphatic carbocycles. The van der Waals surface area contributed by atoms with Crippen molar-refractivity contribution >= 4 is 65.1 Å². The van der Waals surface area contributed by atoms with Gasteiger partial charge >= 0.3 is 0 Å². The fourth-order valence-corrected chi connectivity index (χ4v) is 3.39. The molecule has 0 saturated carbocycles. The van der Waals surface area contributed by atoms with Crippen molar-refractivity contribution in [1.82, 2.24) is 10.6 Å². The van der Waals surface area contributed by atoms with Gasteiger partial charge in [0.1, 0.15) is 0 Å². The van der Waals surface area contributed by atoms with E-state index in [4.69, 9.17) is 11.6 Å². The van der Waals surface area contributed by atoms with E-state index in [0.717, 1.165) is 24.1 Å². The SMILES string of the molecule is CN=C(NCCCCSC)NCC(SC)c1cccc(Cl)c1.I. The summed E-state index contributed by atoms with van der Waals surface area (Å²) in [6, 6.07) is 8.06. The van der Waals surface area contributed by atoms with E-state index in [1.165, 1.54) is 24.2 Å². The molecule has 0 saturated heterocycles. The summed E-state index contributed by atoms with van der Waals surface area (Å²) >= 11 is 9.79. The minimum atomic E-state index is 0. The summed E-state index contributed by atoms with van der Waals surface area (Å²) in [7, 11) is 1.81. The van der Waals surface area contributed by atoms with Crippen molar-refractivity contribution in [2.45, 2.75) is 18.1 Å². The molecule has 0 aromatic heterocycles. The van der Waals surface area contributed by atoms with Gasteiger partial charge in [0.25, 0.3) is 0 Å². The van der Waals surface area contributed by atoms with Crippen LogP contribution in [0.3, 0.4) is 0 Å². The van der Waals surface area contributed by atoms with E-state index in [0.29, 0.717) is 5.25 Å². The van der Waals surface area contributed by atoms with Gasteiger partial charge in [-0.05, 0) is 48.8 Å². The van der Waals surface area contributed by atoms with E-state index >= 15 is 0 Å². The molecular formula is C16H27ClIN3S2. The van der Waals surface area contributed by atoms with Crippen LogP contribution in [0.5, 0.6) is 0 Å². The minimum Gasteiger partial charge on any atom is -0.356 e. The molecule has 1 aromatic carbocycles. The third-order valence-corrected chi connectivity index (χ3v) is 5.19. The predicted molar refractivity (Wildman–Crippen MR) is 120 cm³/mol. The molecule has 1 aromatic rings. The van der Waals surface area contributed by atoms with Crippen molar-refractivity contribution in [3.8, 4) is 0 Å². The molecule has 23 heavy (non-hydrogen) atoms. The number of thioether (sulfide) groups is 2. The van der Waals surface area contributed by atoms with E-state index in [2.05, 4.69) is 34.2 Å². The van der Waals surface area contributed by atoms with Crippen LogP contribution in [0.1, 0.15) is 23.7 Å². The Morgan fingerprint density at radius 3 is 2.65 bits per heavy atom. The lowest BCUT2D eigenvalue weighted by atomic mass is 10.1.